The molecule has 0 aliphatic carbocycles. The van der Waals surface area contributed by atoms with Crippen LogP contribution in [-0.4, -0.2) is 49.4 Å². The van der Waals surface area contributed by atoms with Gasteiger partial charge in [-0.2, -0.15) is 0 Å². The molecule has 5 heteroatoms. The van der Waals surface area contributed by atoms with Crippen LogP contribution < -0.4 is 9.80 Å². The fourth-order valence-corrected chi connectivity index (χ4v) is 4.05. The Morgan fingerprint density at radius 3 is 2.33 bits per heavy atom. The summed E-state index contributed by atoms with van der Waals surface area (Å²) >= 11 is 0. The van der Waals surface area contributed by atoms with Crippen LogP contribution in [0.15, 0.2) is 54.6 Å². The number of piperazine rings is 1. The van der Waals surface area contributed by atoms with Gasteiger partial charge >= 0.3 is 0 Å². The number of nitrogens with one attached hydrogen (secondary N) is 1. The number of benzene rings is 2. The van der Waals surface area contributed by atoms with E-state index in [0.29, 0.717) is 18.5 Å². The number of hydrogen-bond donors (Lipinski definition) is 1. The van der Waals surface area contributed by atoms with Gasteiger partial charge in [0.2, 0.25) is 5.91 Å². The molecule has 0 radical (unpaired) electrons. The molecule has 0 bridgehead atoms. The second-order valence-corrected chi connectivity index (χ2v) is 7.37. The molecule has 2 heterocycles. The average molecular weight is 364 g/mol. The zero-order chi connectivity index (χ0) is 18.6. The Morgan fingerprint density at radius 1 is 0.926 bits per heavy atom. The fraction of sp³-hybridized carbons (Fsp3) is 0.364. The molecule has 0 unspecified atom stereocenters. The van der Waals surface area contributed by atoms with Gasteiger partial charge in [-0.15, -0.1) is 0 Å². The van der Waals surface area contributed by atoms with Crippen molar-refractivity contribution < 1.29 is 14.5 Å². The van der Waals surface area contributed by atoms with Crippen molar-refractivity contribution in [3.63, 3.8) is 0 Å². The van der Waals surface area contributed by atoms with Gasteiger partial charge in [0.1, 0.15) is 6.54 Å². The number of nitrogens with zero attached hydrogens (tertiary/aromatic N) is 2. The lowest BCUT2D eigenvalue weighted by molar-refractivity contribution is -0.917. The number of rotatable bonds is 4. The number of para-hydroxylation sites is 1. The number of hydrogen-bond acceptors (Lipinski definition) is 2. The Labute approximate surface area is 160 Å². The normalized spacial score (nSPS) is 18.1. The van der Waals surface area contributed by atoms with Crippen LogP contribution in [0.25, 0.3) is 0 Å². The Hall–Kier alpha value is -2.66. The van der Waals surface area contributed by atoms with E-state index in [4.69, 9.17) is 0 Å². The summed E-state index contributed by atoms with van der Waals surface area (Å²) in [5, 5.41) is 0. The summed E-state index contributed by atoms with van der Waals surface area (Å²) in [4.78, 5) is 30.5. The largest absolute Gasteiger partial charge is 0.328 e. The van der Waals surface area contributed by atoms with Gasteiger partial charge in [-0.25, -0.2) is 0 Å². The molecule has 4 rings (SSSR count). The zero-order valence-corrected chi connectivity index (χ0v) is 15.6. The van der Waals surface area contributed by atoms with E-state index in [1.807, 2.05) is 35.2 Å². The van der Waals surface area contributed by atoms with Crippen LogP contribution in [0.4, 0.5) is 5.69 Å². The van der Waals surface area contributed by atoms with Gasteiger partial charge in [0.15, 0.2) is 0 Å². The Bertz CT molecular complexity index is 813. The molecule has 5 nitrogen and oxygen atoms in total. The summed E-state index contributed by atoms with van der Waals surface area (Å²) in [7, 11) is 0. The van der Waals surface area contributed by atoms with Crippen molar-refractivity contribution in [1.82, 2.24) is 4.90 Å². The Morgan fingerprint density at radius 2 is 1.63 bits per heavy atom. The zero-order valence-electron chi connectivity index (χ0n) is 15.6. The van der Waals surface area contributed by atoms with Crippen LogP contribution in [0.1, 0.15) is 28.8 Å². The molecule has 0 atom stereocenters. The highest BCUT2D eigenvalue weighted by atomic mass is 16.2. The predicted octanol–water partition coefficient (Wildman–Crippen LogP) is 1.35. The molecule has 2 aromatic rings. The van der Waals surface area contributed by atoms with Gasteiger partial charge in [0, 0.05) is 18.5 Å². The van der Waals surface area contributed by atoms with E-state index >= 15 is 0 Å². The van der Waals surface area contributed by atoms with Gasteiger partial charge < -0.3 is 14.7 Å². The van der Waals surface area contributed by atoms with Gasteiger partial charge in [0.05, 0.1) is 37.4 Å². The third-order valence-corrected chi connectivity index (χ3v) is 5.55. The Kier molecular flexibility index (Phi) is 5.21. The summed E-state index contributed by atoms with van der Waals surface area (Å²) in [6.07, 6.45) is 1.44. The average Bonchev–Trinajstić information content (AvgIpc) is 3.14. The SMILES string of the molecule is O=C(c1ccccc1N1CCCC1=O)N1CC[NH+](Cc2ccccc2)CC1. The van der Waals surface area contributed by atoms with Crippen molar-refractivity contribution in [2.75, 3.05) is 37.6 Å². The molecule has 27 heavy (non-hydrogen) atoms. The van der Waals surface area contributed by atoms with Crippen LogP contribution in [0, 0.1) is 0 Å². The van der Waals surface area contributed by atoms with E-state index in [1.165, 1.54) is 10.5 Å². The van der Waals surface area contributed by atoms with Crippen molar-refractivity contribution in [2.45, 2.75) is 19.4 Å². The standard InChI is InChI=1S/C22H25N3O2/c26-21-11-6-12-25(21)20-10-5-4-9-19(20)22(27)24-15-13-23(14-16-24)17-18-7-2-1-3-8-18/h1-5,7-10H,6,11-17H2/p+1. The molecular formula is C22H26N3O2+. The van der Waals surface area contributed by atoms with Gasteiger partial charge in [-0.05, 0) is 18.6 Å². The second kappa shape index (κ2) is 7.92. The molecule has 2 saturated heterocycles. The quantitative estimate of drug-likeness (QED) is 0.890. The predicted molar refractivity (Wildman–Crippen MR) is 105 cm³/mol. The van der Waals surface area contributed by atoms with E-state index < -0.39 is 0 Å². The summed E-state index contributed by atoms with van der Waals surface area (Å²) < 4.78 is 0. The van der Waals surface area contributed by atoms with E-state index in [2.05, 4.69) is 24.3 Å². The first-order chi connectivity index (χ1) is 13.2. The molecular weight excluding hydrogens is 338 g/mol. The molecule has 140 valence electrons. The van der Waals surface area contributed by atoms with E-state index in [0.717, 1.165) is 44.8 Å². The number of amides is 2. The Balaban J connectivity index is 1.42. The molecule has 2 aromatic carbocycles. The van der Waals surface area contributed by atoms with Crippen LogP contribution >= 0.6 is 0 Å². The summed E-state index contributed by atoms with van der Waals surface area (Å²) in [5.41, 5.74) is 2.76. The number of carbonyl (C=O) groups is 2. The van der Waals surface area contributed by atoms with E-state index in [9.17, 15) is 9.59 Å². The van der Waals surface area contributed by atoms with E-state index in [1.54, 1.807) is 4.90 Å². The van der Waals surface area contributed by atoms with Crippen LogP contribution in [0.5, 0.6) is 0 Å². The lowest BCUT2D eigenvalue weighted by Crippen LogP contribution is -3.13. The lowest BCUT2D eigenvalue weighted by atomic mass is 10.1. The minimum Gasteiger partial charge on any atom is -0.328 e. The van der Waals surface area contributed by atoms with Crippen molar-refractivity contribution in [3.8, 4) is 0 Å². The van der Waals surface area contributed by atoms with Crippen molar-refractivity contribution >= 4 is 17.5 Å². The molecule has 2 amide bonds. The van der Waals surface area contributed by atoms with Crippen molar-refractivity contribution in [2.24, 2.45) is 0 Å². The fourth-order valence-electron chi connectivity index (χ4n) is 4.05. The maximum Gasteiger partial charge on any atom is 0.256 e. The number of carbonyl (C=O) groups excluding carboxylic acids is 2. The molecule has 0 spiro atoms. The van der Waals surface area contributed by atoms with Crippen LogP contribution in [0.3, 0.4) is 0 Å². The second-order valence-electron chi connectivity index (χ2n) is 7.37. The van der Waals surface area contributed by atoms with Crippen molar-refractivity contribution in [3.05, 3.63) is 65.7 Å². The maximum absolute atomic E-state index is 13.1. The molecule has 2 aliphatic heterocycles. The molecule has 0 saturated carbocycles. The number of anilines is 1. The summed E-state index contributed by atoms with van der Waals surface area (Å²) in [6, 6.07) is 18.0. The summed E-state index contributed by atoms with van der Waals surface area (Å²) in [6.45, 7) is 5.11. The monoisotopic (exact) mass is 364 g/mol. The topological polar surface area (TPSA) is 45.1 Å². The molecule has 1 N–H and O–H groups in total. The van der Waals surface area contributed by atoms with Gasteiger partial charge in [-0.3, -0.25) is 9.59 Å². The van der Waals surface area contributed by atoms with E-state index in [-0.39, 0.29) is 11.8 Å². The maximum atomic E-state index is 13.1. The first-order valence-electron chi connectivity index (χ1n) is 9.78. The highest BCUT2D eigenvalue weighted by molar-refractivity contribution is 6.05. The van der Waals surface area contributed by atoms with Crippen LogP contribution in [0.2, 0.25) is 0 Å². The highest BCUT2D eigenvalue weighted by Crippen LogP contribution is 2.26. The van der Waals surface area contributed by atoms with Gasteiger partial charge in [0.25, 0.3) is 5.91 Å². The third-order valence-electron chi connectivity index (χ3n) is 5.55. The minimum atomic E-state index is 0.0454. The molecule has 2 fully saturated rings. The minimum absolute atomic E-state index is 0.0454. The first-order valence-corrected chi connectivity index (χ1v) is 9.78. The first kappa shape index (κ1) is 17.7. The smallest absolute Gasteiger partial charge is 0.256 e. The van der Waals surface area contributed by atoms with Crippen molar-refractivity contribution in [1.29, 1.82) is 0 Å². The molecule has 0 aromatic heterocycles. The van der Waals surface area contributed by atoms with Gasteiger partial charge in [-0.1, -0.05) is 42.5 Å². The lowest BCUT2D eigenvalue weighted by Gasteiger charge is -2.33. The molecule has 2 aliphatic rings. The highest BCUT2D eigenvalue weighted by Gasteiger charge is 2.29. The van der Waals surface area contributed by atoms with Crippen LogP contribution in [-0.2, 0) is 11.3 Å². The summed E-state index contributed by atoms with van der Waals surface area (Å²) in [5.74, 6) is 0.163. The number of quaternary nitrogens is 1. The third kappa shape index (κ3) is 3.88.